The van der Waals surface area contributed by atoms with Gasteiger partial charge in [-0.15, -0.1) is 0 Å². The van der Waals surface area contributed by atoms with E-state index in [1.54, 1.807) is 0 Å². The topological polar surface area (TPSA) is 38.5 Å². The van der Waals surface area contributed by atoms with Crippen molar-refractivity contribution in [3.8, 4) is 0 Å². The number of ether oxygens (including phenoxy) is 1. The molecule has 1 atom stereocenters. The first-order valence-electron chi connectivity index (χ1n) is 6.44. The number of fused-ring (bicyclic) bond motifs is 1. The third kappa shape index (κ3) is 2.48. The summed E-state index contributed by atoms with van der Waals surface area (Å²) in [4.78, 5) is 2.06. The minimum atomic E-state index is -1.23. The number of rotatable bonds is 4. The number of aromatic nitrogens is 1. The Kier molecular flexibility index (Phi) is 3.24. The number of likely N-dealkylation sites (tertiary alicyclic amines) is 1. The summed E-state index contributed by atoms with van der Waals surface area (Å²) in [6, 6.07) is 7.74. The zero-order valence-corrected chi connectivity index (χ0v) is 10.9. The first-order valence-corrected chi connectivity index (χ1v) is 6.44. The van der Waals surface area contributed by atoms with E-state index < -0.39 is 5.67 Å². The highest BCUT2D eigenvalue weighted by Crippen LogP contribution is 2.28. The summed E-state index contributed by atoms with van der Waals surface area (Å²) in [5.41, 5.74) is 0.422. The smallest absolute Gasteiger partial charge is 0.167 e. The highest BCUT2D eigenvalue weighted by atomic mass is 19.1. The van der Waals surface area contributed by atoms with E-state index in [2.05, 4.69) is 10.1 Å². The van der Waals surface area contributed by atoms with Crippen LogP contribution in [0.3, 0.4) is 0 Å². The summed E-state index contributed by atoms with van der Waals surface area (Å²) in [5.74, 6) is 0. The van der Waals surface area contributed by atoms with Gasteiger partial charge in [0.15, 0.2) is 5.58 Å². The second kappa shape index (κ2) is 4.90. The van der Waals surface area contributed by atoms with Crippen molar-refractivity contribution in [3.63, 3.8) is 0 Å². The molecular weight excluding hydrogens is 247 g/mol. The first-order chi connectivity index (χ1) is 9.20. The van der Waals surface area contributed by atoms with Crippen molar-refractivity contribution >= 4 is 11.0 Å². The third-order valence-corrected chi connectivity index (χ3v) is 3.61. The van der Waals surface area contributed by atoms with E-state index in [0.29, 0.717) is 19.5 Å². The second-order valence-corrected chi connectivity index (χ2v) is 5.17. The van der Waals surface area contributed by atoms with E-state index in [0.717, 1.165) is 23.2 Å². The van der Waals surface area contributed by atoms with Crippen molar-refractivity contribution in [2.45, 2.75) is 18.6 Å². The van der Waals surface area contributed by atoms with E-state index in [9.17, 15) is 4.39 Å². The van der Waals surface area contributed by atoms with E-state index in [-0.39, 0.29) is 6.61 Å². The van der Waals surface area contributed by atoms with Crippen molar-refractivity contribution in [2.75, 3.05) is 26.8 Å². The highest BCUT2D eigenvalue weighted by Gasteiger charge is 2.38. The largest absolute Gasteiger partial charge is 0.381 e. The Balaban J connectivity index is 1.73. The minimum Gasteiger partial charge on any atom is -0.381 e. The van der Waals surface area contributed by atoms with Crippen LogP contribution in [0.25, 0.3) is 11.0 Å². The molecule has 5 heteroatoms. The van der Waals surface area contributed by atoms with Crippen LogP contribution in [0.15, 0.2) is 28.8 Å². The molecule has 0 amide bonds. The summed E-state index contributed by atoms with van der Waals surface area (Å²) in [6.07, 6.45) is 0.511. The number of benzene rings is 1. The zero-order chi connectivity index (χ0) is 13.3. The van der Waals surface area contributed by atoms with Gasteiger partial charge in [-0.1, -0.05) is 17.3 Å². The molecule has 2 heterocycles. The molecule has 3 rings (SSSR count). The summed E-state index contributed by atoms with van der Waals surface area (Å²) >= 11 is 0. The van der Waals surface area contributed by atoms with Crippen LogP contribution >= 0.6 is 0 Å². The predicted octanol–water partition coefficient (Wildman–Crippen LogP) is 2.39. The summed E-state index contributed by atoms with van der Waals surface area (Å²) in [5, 5.41) is 5.09. The number of alkyl halides is 1. The molecule has 0 aliphatic carbocycles. The molecule has 1 aliphatic heterocycles. The van der Waals surface area contributed by atoms with Crippen LogP contribution in [0.4, 0.5) is 4.39 Å². The monoisotopic (exact) mass is 264 g/mol. The fourth-order valence-electron chi connectivity index (χ4n) is 2.69. The quantitative estimate of drug-likeness (QED) is 0.850. The van der Waals surface area contributed by atoms with Gasteiger partial charge in [-0.25, -0.2) is 4.39 Å². The second-order valence-electron chi connectivity index (χ2n) is 5.17. The molecule has 0 saturated carbocycles. The third-order valence-electron chi connectivity index (χ3n) is 3.61. The maximum absolute atomic E-state index is 14.3. The van der Waals surface area contributed by atoms with Gasteiger partial charge in [-0.2, -0.15) is 0 Å². The van der Waals surface area contributed by atoms with E-state index in [1.807, 2.05) is 24.3 Å². The van der Waals surface area contributed by atoms with Crippen molar-refractivity contribution in [1.82, 2.24) is 10.1 Å². The Morgan fingerprint density at radius 3 is 3.16 bits per heavy atom. The van der Waals surface area contributed by atoms with E-state index >= 15 is 0 Å². The molecule has 2 aromatic rings. The Bertz CT molecular complexity index is 571. The van der Waals surface area contributed by atoms with Gasteiger partial charge < -0.3 is 9.26 Å². The average Bonchev–Trinajstić information content (AvgIpc) is 2.96. The lowest BCUT2D eigenvalue weighted by Gasteiger charge is -2.19. The fraction of sp³-hybridized carbons (Fsp3) is 0.500. The van der Waals surface area contributed by atoms with Crippen molar-refractivity contribution < 1.29 is 13.7 Å². The lowest BCUT2D eigenvalue weighted by Crippen LogP contribution is -2.33. The maximum Gasteiger partial charge on any atom is 0.167 e. The molecular formula is C14H17FN2O2. The molecule has 0 radical (unpaired) electrons. The van der Waals surface area contributed by atoms with E-state index in [4.69, 9.17) is 9.26 Å². The van der Waals surface area contributed by atoms with Crippen LogP contribution in [-0.4, -0.2) is 42.5 Å². The molecule has 102 valence electrons. The Morgan fingerprint density at radius 1 is 1.47 bits per heavy atom. The number of methoxy groups -OCH3 is 1. The molecule has 1 aromatic heterocycles. The summed E-state index contributed by atoms with van der Waals surface area (Å²) in [6.45, 7) is 1.89. The Labute approximate surface area is 111 Å². The average molecular weight is 264 g/mol. The Hall–Kier alpha value is -1.46. The lowest BCUT2D eigenvalue weighted by molar-refractivity contribution is 0.0466. The summed E-state index contributed by atoms with van der Waals surface area (Å²) < 4.78 is 24.5. The number of hydrogen-bond acceptors (Lipinski definition) is 4. The minimum absolute atomic E-state index is 0.156. The van der Waals surface area contributed by atoms with Crippen LogP contribution in [0.2, 0.25) is 0 Å². The first kappa shape index (κ1) is 12.6. The Morgan fingerprint density at radius 2 is 2.32 bits per heavy atom. The lowest BCUT2D eigenvalue weighted by atomic mass is 10.1. The molecule has 19 heavy (non-hydrogen) atoms. The SMILES string of the molecule is COCC1(F)CCN(Cc2noc3ccccc23)C1. The molecule has 4 nitrogen and oxygen atoms in total. The van der Waals surface area contributed by atoms with Gasteiger partial charge in [0.05, 0.1) is 6.61 Å². The van der Waals surface area contributed by atoms with Gasteiger partial charge in [0.25, 0.3) is 0 Å². The van der Waals surface area contributed by atoms with Gasteiger partial charge in [0.2, 0.25) is 0 Å². The van der Waals surface area contributed by atoms with Crippen molar-refractivity contribution in [3.05, 3.63) is 30.0 Å². The van der Waals surface area contributed by atoms with Gasteiger partial charge in [-0.3, -0.25) is 4.90 Å². The molecule has 0 N–H and O–H groups in total. The van der Waals surface area contributed by atoms with Gasteiger partial charge in [0.1, 0.15) is 11.4 Å². The van der Waals surface area contributed by atoms with Crippen molar-refractivity contribution in [2.24, 2.45) is 0 Å². The molecule has 1 aliphatic rings. The number of para-hydroxylation sites is 1. The van der Waals surface area contributed by atoms with Crippen LogP contribution in [0.1, 0.15) is 12.1 Å². The number of nitrogens with zero attached hydrogens (tertiary/aromatic N) is 2. The van der Waals surface area contributed by atoms with Gasteiger partial charge in [0, 0.05) is 32.1 Å². The maximum atomic E-state index is 14.3. The zero-order valence-electron chi connectivity index (χ0n) is 10.9. The van der Waals surface area contributed by atoms with Crippen LogP contribution in [0.5, 0.6) is 0 Å². The van der Waals surface area contributed by atoms with Crippen LogP contribution < -0.4 is 0 Å². The van der Waals surface area contributed by atoms with E-state index in [1.165, 1.54) is 7.11 Å². The molecule has 1 unspecified atom stereocenters. The number of halogens is 1. The van der Waals surface area contributed by atoms with Crippen molar-refractivity contribution in [1.29, 1.82) is 0 Å². The standard InChI is InChI=1S/C14H17FN2O2/c1-18-10-14(15)6-7-17(9-14)8-12-11-4-2-3-5-13(11)19-16-12/h2-5H,6-10H2,1H3. The highest BCUT2D eigenvalue weighted by molar-refractivity contribution is 5.79. The molecule has 1 saturated heterocycles. The molecule has 0 bridgehead atoms. The normalized spacial score (nSPS) is 24.3. The van der Waals surface area contributed by atoms with Crippen LogP contribution in [-0.2, 0) is 11.3 Å². The predicted molar refractivity (Wildman–Crippen MR) is 69.6 cm³/mol. The number of hydrogen-bond donors (Lipinski definition) is 0. The van der Waals surface area contributed by atoms with Gasteiger partial charge in [-0.05, 0) is 18.6 Å². The van der Waals surface area contributed by atoms with Crippen LogP contribution in [0, 0.1) is 0 Å². The molecule has 1 fully saturated rings. The fourth-order valence-corrected chi connectivity index (χ4v) is 2.69. The molecule has 0 spiro atoms. The molecule has 1 aromatic carbocycles. The summed E-state index contributed by atoms with van der Waals surface area (Å²) in [7, 11) is 1.54. The van der Waals surface area contributed by atoms with Gasteiger partial charge >= 0.3 is 0 Å².